The van der Waals surface area contributed by atoms with Crippen LogP contribution in [0, 0.1) is 10.8 Å². The zero-order valence-electron chi connectivity index (χ0n) is 22.7. The van der Waals surface area contributed by atoms with E-state index in [2.05, 4.69) is 26.9 Å². The van der Waals surface area contributed by atoms with Crippen LogP contribution in [0.2, 0.25) is 18.6 Å². The van der Waals surface area contributed by atoms with E-state index in [1.54, 1.807) is 0 Å². The molecule has 2 saturated heterocycles. The Hall–Kier alpha value is -0.643. The fraction of sp³-hybridized carbons (Fsp3) is 0.923. The molecular formula is C26H48O7Si. The van der Waals surface area contributed by atoms with E-state index < -0.39 is 49.2 Å². The lowest BCUT2D eigenvalue weighted by atomic mass is 9.75. The number of hydrogen-bond acceptors (Lipinski definition) is 7. The summed E-state index contributed by atoms with van der Waals surface area (Å²) in [7, 11) is -2.24. The first-order valence-corrected chi connectivity index (χ1v) is 15.9. The van der Waals surface area contributed by atoms with Crippen molar-refractivity contribution in [3.63, 3.8) is 0 Å². The van der Waals surface area contributed by atoms with E-state index >= 15 is 0 Å². The van der Waals surface area contributed by atoms with Gasteiger partial charge in [0, 0.05) is 25.2 Å². The number of ketones is 2. The van der Waals surface area contributed by atoms with Gasteiger partial charge in [-0.25, -0.2) is 0 Å². The summed E-state index contributed by atoms with van der Waals surface area (Å²) < 4.78 is 30.2. The van der Waals surface area contributed by atoms with Crippen molar-refractivity contribution in [1.29, 1.82) is 0 Å². The Bertz CT molecular complexity index is 668. The molecule has 0 spiro atoms. The van der Waals surface area contributed by atoms with Gasteiger partial charge in [0.25, 0.3) is 0 Å². The summed E-state index contributed by atoms with van der Waals surface area (Å²) in [5.41, 5.74) is -0.891. The predicted octanol–water partition coefficient (Wildman–Crippen LogP) is 4.92. The molecule has 3 atom stereocenters. The second kappa shape index (κ2) is 12.5. The van der Waals surface area contributed by atoms with Gasteiger partial charge in [0.1, 0.15) is 12.2 Å². The van der Waals surface area contributed by atoms with Gasteiger partial charge in [0.05, 0.1) is 13.2 Å². The van der Waals surface area contributed by atoms with Gasteiger partial charge in [-0.05, 0) is 56.2 Å². The Kier molecular flexibility index (Phi) is 10.9. The number of ether oxygens (including phenoxy) is 4. The second-order valence-corrected chi connectivity index (χ2v) is 16.6. The Morgan fingerprint density at radius 1 is 0.824 bits per heavy atom. The minimum atomic E-state index is -2.24. The maximum atomic E-state index is 13.9. The molecular weight excluding hydrogens is 452 g/mol. The van der Waals surface area contributed by atoms with E-state index in [1.165, 1.54) is 0 Å². The van der Waals surface area contributed by atoms with Crippen LogP contribution < -0.4 is 0 Å². The van der Waals surface area contributed by atoms with Gasteiger partial charge >= 0.3 is 0 Å². The average molecular weight is 501 g/mol. The van der Waals surface area contributed by atoms with Crippen molar-refractivity contribution in [3.8, 4) is 0 Å². The molecule has 0 saturated carbocycles. The van der Waals surface area contributed by atoms with Crippen molar-refractivity contribution in [2.45, 2.75) is 111 Å². The van der Waals surface area contributed by atoms with Crippen molar-refractivity contribution in [3.05, 3.63) is 0 Å². The zero-order valence-corrected chi connectivity index (χ0v) is 23.7. The van der Waals surface area contributed by atoms with Gasteiger partial charge < -0.3 is 23.4 Å². The molecule has 2 heterocycles. The van der Waals surface area contributed by atoms with Crippen LogP contribution in [0.1, 0.15) is 73.6 Å². The standard InChI is InChI=1S/C26H48O7Si/c1-19(2)34(7,8)33-24-22(28)21(27)23(32-20-11-9-10-14-31-20)25(3,4)12-15-29-17-18-30-16-13-26(24,5)6/h19-20,23-24H,9-18H2,1-8H3. The number of rotatable bonds is 5. The summed E-state index contributed by atoms with van der Waals surface area (Å²) >= 11 is 0. The summed E-state index contributed by atoms with van der Waals surface area (Å²) in [5, 5.41) is 0. The largest absolute Gasteiger partial charge is 0.406 e. The molecule has 2 aliphatic heterocycles. The first-order valence-electron chi connectivity index (χ1n) is 13.0. The summed E-state index contributed by atoms with van der Waals surface area (Å²) in [6, 6.07) is 0. The normalized spacial score (nSPS) is 30.2. The Labute approximate surface area is 207 Å². The van der Waals surface area contributed by atoms with E-state index in [0.717, 1.165) is 19.3 Å². The van der Waals surface area contributed by atoms with E-state index in [-0.39, 0.29) is 0 Å². The van der Waals surface area contributed by atoms with E-state index in [0.29, 0.717) is 51.4 Å². The SMILES string of the molecule is CC(C)[Si](C)(C)OC1C(=O)C(=O)C(OC2CCCCO2)C(C)(C)CCOCCOCCC1(C)C. The van der Waals surface area contributed by atoms with Gasteiger partial charge in [-0.3, -0.25) is 9.59 Å². The monoisotopic (exact) mass is 500 g/mol. The lowest BCUT2D eigenvalue weighted by Gasteiger charge is -2.41. The molecule has 3 unspecified atom stereocenters. The molecule has 0 aliphatic carbocycles. The number of carbonyl (C=O) groups excluding carboxylic acids is 2. The maximum absolute atomic E-state index is 13.9. The van der Waals surface area contributed by atoms with Gasteiger partial charge in [-0.15, -0.1) is 0 Å². The van der Waals surface area contributed by atoms with Crippen LogP contribution >= 0.6 is 0 Å². The Morgan fingerprint density at radius 3 is 1.85 bits per heavy atom. The molecule has 0 N–H and O–H groups in total. The van der Waals surface area contributed by atoms with Crippen molar-refractivity contribution in [2.24, 2.45) is 10.8 Å². The smallest absolute Gasteiger partial charge is 0.230 e. The molecule has 2 fully saturated rings. The lowest BCUT2D eigenvalue weighted by molar-refractivity contribution is -0.211. The van der Waals surface area contributed by atoms with Gasteiger partial charge in [0.15, 0.2) is 14.6 Å². The fourth-order valence-electron chi connectivity index (χ4n) is 4.09. The number of hydrogen-bond donors (Lipinski definition) is 0. The van der Waals surface area contributed by atoms with Gasteiger partial charge in [-0.2, -0.15) is 0 Å². The Balaban J connectivity index is 2.42. The first kappa shape index (κ1) is 29.6. The molecule has 0 aromatic heterocycles. The van der Waals surface area contributed by atoms with Crippen LogP contribution in [0.15, 0.2) is 0 Å². The highest BCUT2D eigenvalue weighted by Gasteiger charge is 2.48. The van der Waals surface area contributed by atoms with Crippen LogP contribution in [0.25, 0.3) is 0 Å². The van der Waals surface area contributed by atoms with Crippen molar-refractivity contribution >= 4 is 19.9 Å². The second-order valence-electron chi connectivity index (χ2n) is 12.0. The minimum Gasteiger partial charge on any atom is -0.406 e. The summed E-state index contributed by atoms with van der Waals surface area (Å²) in [6.07, 6.45) is 1.62. The molecule has 0 aromatic rings. The minimum absolute atomic E-state index is 0.298. The van der Waals surface area contributed by atoms with Crippen LogP contribution in [0.3, 0.4) is 0 Å². The van der Waals surface area contributed by atoms with Gasteiger partial charge in [-0.1, -0.05) is 41.5 Å². The maximum Gasteiger partial charge on any atom is 0.230 e. The summed E-state index contributed by atoms with van der Waals surface area (Å²) in [6.45, 7) is 18.9. The quantitative estimate of drug-likeness (QED) is 0.392. The highest BCUT2D eigenvalue weighted by Crippen LogP contribution is 2.37. The van der Waals surface area contributed by atoms with Crippen molar-refractivity contribution in [1.82, 2.24) is 0 Å². The molecule has 0 radical (unpaired) electrons. The van der Waals surface area contributed by atoms with Crippen LogP contribution in [-0.4, -0.2) is 71.4 Å². The highest BCUT2D eigenvalue weighted by molar-refractivity contribution is 6.72. The third-order valence-corrected chi connectivity index (χ3v) is 11.2. The van der Waals surface area contributed by atoms with Crippen molar-refractivity contribution in [2.75, 3.05) is 33.0 Å². The highest BCUT2D eigenvalue weighted by atomic mass is 28.4. The fourth-order valence-corrected chi connectivity index (χ4v) is 5.40. The van der Waals surface area contributed by atoms with Crippen molar-refractivity contribution < 1.29 is 33.0 Å². The zero-order chi connectivity index (χ0) is 25.6. The van der Waals surface area contributed by atoms with E-state index in [9.17, 15) is 9.59 Å². The third-order valence-electron chi connectivity index (χ3n) is 7.53. The molecule has 0 amide bonds. The molecule has 2 rings (SSSR count). The number of Topliss-reactive ketones (excluding diaryl/α,β-unsaturated/α-hetero) is 2. The van der Waals surface area contributed by atoms with Crippen LogP contribution in [0.5, 0.6) is 0 Å². The first-order chi connectivity index (χ1) is 15.8. The summed E-state index contributed by atoms with van der Waals surface area (Å²) in [4.78, 5) is 27.8. The van der Waals surface area contributed by atoms with Gasteiger partial charge in [0.2, 0.25) is 11.6 Å². The summed E-state index contributed by atoms with van der Waals surface area (Å²) in [5.74, 6) is -1.03. The molecule has 0 bridgehead atoms. The Morgan fingerprint density at radius 2 is 1.35 bits per heavy atom. The lowest BCUT2D eigenvalue weighted by Crippen LogP contribution is -2.54. The molecule has 7 nitrogen and oxygen atoms in total. The molecule has 8 heteroatoms. The van der Waals surface area contributed by atoms with Crippen LogP contribution in [0.4, 0.5) is 0 Å². The molecule has 198 valence electrons. The molecule has 2 aliphatic rings. The van der Waals surface area contributed by atoms with E-state index in [1.807, 2.05) is 27.7 Å². The predicted molar refractivity (Wildman–Crippen MR) is 134 cm³/mol. The average Bonchev–Trinajstić information content (AvgIpc) is 2.76. The number of carbonyl (C=O) groups is 2. The molecule has 34 heavy (non-hydrogen) atoms. The van der Waals surface area contributed by atoms with E-state index in [4.69, 9.17) is 23.4 Å². The van der Waals surface area contributed by atoms with Crippen LogP contribution in [-0.2, 0) is 33.0 Å². The topological polar surface area (TPSA) is 80.3 Å². The third kappa shape index (κ3) is 8.20. The molecule has 0 aromatic carbocycles.